The Morgan fingerprint density at radius 2 is 0.929 bits per heavy atom. The summed E-state index contributed by atoms with van der Waals surface area (Å²) in [6.45, 7) is 0.361. The standard InChI is InChI=1S/C22H26O6/c23-13-17-5-9-19(10-6-17)15-27-21(25)3-1-2-4-22(26)28-16-20-11-7-18(14-24)8-12-20/h5-12,23-24H,1-4,13-16H2. The third-order valence-electron chi connectivity index (χ3n) is 4.22. The molecule has 0 aliphatic rings. The topological polar surface area (TPSA) is 93.1 Å². The maximum atomic E-state index is 11.8. The fourth-order valence-corrected chi connectivity index (χ4v) is 2.49. The first kappa shape index (κ1) is 21.6. The van der Waals surface area contributed by atoms with Crippen LogP contribution < -0.4 is 0 Å². The van der Waals surface area contributed by atoms with E-state index in [-0.39, 0.29) is 51.2 Å². The summed E-state index contributed by atoms with van der Waals surface area (Å²) >= 11 is 0. The van der Waals surface area contributed by atoms with E-state index in [2.05, 4.69) is 0 Å². The largest absolute Gasteiger partial charge is 0.461 e. The molecule has 0 amide bonds. The number of aliphatic hydroxyl groups is 2. The van der Waals surface area contributed by atoms with Crippen LogP contribution in [0.2, 0.25) is 0 Å². The first-order valence-corrected chi connectivity index (χ1v) is 9.29. The van der Waals surface area contributed by atoms with Crippen LogP contribution in [-0.4, -0.2) is 22.2 Å². The number of aliphatic hydroxyl groups excluding tert-OH is 2. The average molecular weight is 386 g/mol. The van der Waals surface area contributed by atoms with Gasteiger partial charge in [-0.25, -0.2) is 0 Å². The number of carbonyl (C=O) groups is 2. The van der Waals surface area contributed by atoms with Gasteiger partial charge in [0.05, 0.1) is 13.2 Å². The maximum absolute atomic E-state index is 11.8. The van der Waals surface area contributed by atoms with Gasteiger partial charge in [-0.2, -0.15) is 0 Å². The fraction of sp³-hybridized carbons (Fsp3) is 0.364. The van der Waals surface area contributed by atoms with Crippen LogP contribution in [0.3, 0.4) is 0 Å². The van der Waals surface area contributed by atoms with Crippen LogP contribution in [0.1, 0.15) is 47.9 Å². The molecule has 0 aliphatic carbocycles. The maximum Gasteiger partial charge on any atom is 0.306 e. The summed E-state index contributed by atoms with van der Waals surface area (Å²) in [6.07, 6.45) is 1.63. The Morgan fingerprint density at radius 3 is 1.25 bits per heavy atom. The molecular formula is C22H26O6. The predicted molar refractivity (Wildman–Crippen MR) is 103 cm³/mol. The average Bonchev–Trinajstić information content (AvgIpc) is 2.74. The molecule has 6 nitrogen and oxygen atoms in total. The van der Waals surface area contributed by atoms with E-state index < -0.39 is 0 Å². The van der Waals surface area contributed by atoms with Gasteiger partial charge >= 0.3 is 11.9 Å². The molecule has 0 aliphatic heterocycles. The second-order valence-electron chi connectivity index (χ2n) is 6.48. The van der Waals surface area contributed by atoms with Crippen molar-refractivity contribution >= 4 is 11.9 Å². The number of carbonyl (C=O) groups excluding carboxylic acids is 2. The molecule has 2 aromatic carbocycles. The first-order valence-electron chi connectivity index (χ1n) is 9.29. The zero-order valence-electron chi connectivity index (χ0n) is 15.8. The van der Waals surface area contributed by atoms with Crippen molar-refractivity contribution in [1.82, 2.24) is 0 Å². The van der Waals surface area contributed by atoms with Crippen molar-refractivity contribution in [3.05, 3.63) is 70.8 Å². The van der Waals surface area contributed by atoms with Crippen molar-refractivity contribution in [2.75, 3.05) is 0 Å². The molecule has 2 N–H and O–H groups in total. The van der Waals surface area contributed by atoms with Gasteiger partial charge in [-0.05, 0) is 35.1 Å². The Kier molecular flexibility index (Phi) is 9.18. The third kappa shape index (κ3) is 7.90. The molecular weight excluding hydrogens is 360 g/mol. The SMILES string of the molecule is O=C(CCCCC(=O)OCc1ccc(CO)cc1)OCc1ccc(CO)cc1. The predicted octanol–water partition coefficient (Wildman–Crippen LogP) is 3.02. The number of benzene rings is 2. The normalized spacial score (nSPS) is 10.5. The molecule has 2 aromatic rings. The van der Waals surface area contributed by atoms with Crippen molar-refractivity contribution < 1.29 is 29.3 Å². The third-order valence-corrected chi connectivity index (χ3v) is 4.22. The van der Waals surface area contributed by atoms with Gasteiger partial charge in [0.15, 0.2) is 0 Å². The minimum Gasteiger partial charge on any atom is -0.461 e. The van der Waals surface area contributed by atoms with Crippen LogP contribution in [0.25, 0.3) is 0 Å². The van der Waals surface area contributed by atoms with Crippen LogP contribution >= 0.6 is 0 Å². The van der Waals surface area contributed by atoms with Gasteiger partial charge in [-0.3, -0.25) is 9.59 Å². The van der Waals surface area contributed by atoms with Crippen LogP contribution in [0, 0.1) is 0 Å². The van der Waals surface area contributed by atoms with E-state index in [1.807, 2.05) is 24.3 Å². The van der Waals surface area contributed by atoms with Crippen molar-refractivity contribution in [2.45, 2.75) is 52.1 Å². The Hall–Kier alpha value is -2.70. The summed E-state index contributed by atoms with van der Waals surface area (Å²) in [4.78, 5) is 23.5. The Labute approximate surface area is 164 Å². The van der Waals surface area contributed by atoms with Gasteiger partial charge in [-0.15, -0.1) is 0 Å². The van der Waals surface area contributed by atoms with Gasteiger partial charge < -0.3 is 19.7 Å². The Balaban J connectivity index is 1.55. The molecule has 0 fully saturated rings. The molecule has 2 rings (SSSR count). The quantitative estimate of drug-likeness (QED) is 0.455. The number of hydrogen-bond donors (Lipinski definition) is 2. The summed E-state index contributed by atoms with van der Waals surface area (Å²) < 4.78 is 10.4. The van der Waals surface area contributed by atoms with E-state index in [4.69, 9.17) is 19.7 Å². The number of rotatable bonds is 11. The van der Waals surface area contributed by atoms with Gasteiger partial charge in [0.2, 0.25) is 0 Å². The highest BCUT2D eigenvalue weighted by molar-refractivity contribution is 5.70. The zero-order valence-corrected chi connectivity index (χ0v) is 15.8. The van der Waals surface area contributed by atoms with E-state index >= 15 is 0 Å². The number of esters is 2. The molecule has 6 heteroatoms. The van der Waals surface area contributed by atoms with Crippen molar-refractivity contribution in [3.8, 4) is 0 Å². The molecule has 28 heavy (non-hydrogen) atoms. The smallest absolute Gasteiger partial charge is 0.306 e. The van der Waals surface area contributed by atoms with E-state index in [0.717, 1.165) is 22.3 Å². The molecule has 0 saturated carbocycles. The lowest BCUT2D eigenvalue weighted by Gasteiger charge is -2.07. The van der Waals surface area contributed by atoms with E-state index in [9.17, 15) is 9.59 Å². The lowest BCUT2D eigenvalue weighted by atomic mass is 10.1. The van der Waals surface area contributed by atoms with E-state index in [1.165, 1.54) is 0 Å². The van der Waals surface area contributed by atoms with Crippen molar-refractivity contribution in [2.24, 2.45) is 0 Å². The Bertz CT molecular complexity index is 671. The molecule has 0 radical (unpaired) electrons. The van der Waals surface area contributed by atoms with Crippen LogP contribution in [0.15, 0.2) is 48.5 Å². The van der Waals surface area contributed by atoms with E-state index in [0.29, 0.717) is 12.8 Å². The lowest BCUT2D eigenvalue weighted by Crippen LogP contribution is -2.07. The summed E-state index contributed by atoms with van der Waals surface area (Å²) in [5.74, 6) is -0.604. The second-order valence-corrected chi connectivity index (χ2v) is 6.48. The highest BCUT2D eigenvalue weighted by atomic mass is 16.5. The van der Waals surface area contributed by atoms with Gasteiger partial charge in [-0.1, -0.05) is 48.5 Å². The summed E-state index contributed by atoms with van der Waals surface area (Å²) in [7, 11) is 0. The molecule has 0 spiro atoms. The number of ether oxygens (including phenoxy) is 2. The Morgan fingerprint density at radius 1 is 0.607 bits per heavy atom. The van der Waals surface area contributed by atoms with Crippen LogP contribution in [0.5, 0.6) is 0 Å². The minimum atomic E-state index is -0.302. The van der Waals surface area contributed by atoms with E-state index in [1.54, 1.807) is 24.3 Å². The molecule has 0 saturated heterocycles. The lowest BCUT2D eigenvalue weighted by molar-refractivity contribution is -0.147. The summed E-state index contributed by atoms with van der Waals surface area (Å²) in [5, 5.41) is 18.0. The second kappa shape index (κ2) is 11.9. The first-order chi connectivity index (χ1) is 13.6. The number of hydrogen-bond acceptors (Lipinski definition) is 6. The number of unbranched alkanes of at least 4 members (excludes halogenated alkanes) is 1. The van der Waals surface area contributed by atoms with Crippen LogP contribution in [0.4, 0.5) is 0 Å². The molecule has 0 heterocycles. The van der Waals surface area contributed by atoms with Gasteiger partial charge in [0, 0.05) is 12.8 Å². The van der Waals surface area contributed by atoms with Gasteiger partial charge in [0.25, 0.3) is 0 Å². The molecule has 0 atom stereocenters. The zero-order chi connectivity index (χ0) is 20.2. The van der Waals surface area contributed by atoms with Gasteiger partial charge in [0.1, 0.15) is 13.2 Å². The fourth-order valence-electron chi connectivity index (χ4n) is 2.49. The molecule has 150 valence electrons. The van der Waals surface area contributed by atoms with Crippen LogP contribution in [-0.2, 0) is 45.5 Å². The molecule has 0 bridgehead atoms. The van der Waals surface area contributed by atoms with Crippen molar-refractivity contribution in [1.29, 1.82) is 0 Å². The molecule has 0 aromatic heterocycles. The summed E-state index contributed by atoms with van der Waals surface area (Å²) in [5.41, 5.74) is 3.34. The minimum absolute atomic E-state index is 0.0154. The highest BCUT2D eigenvalue weighted by Gasteiger charge is 2.07. The monoisotopic (exact) mass is 386 g/mol. The van der Waals surface area contributed by atoms with Crippen molar-refractivity contribution in [3.63, 3.8) is 0 Å². The highest BCUT2D eigenvalue weighted by Crippen LogP contribution is 2.10. The summed E-state index contributed by atoms with van der Waals surface area (Å²) in [6, 6.07) is 14.4. The molecule has 0 unspecified atom stereocenters.